The first-order chi connectivity index (χ1) is 11.9. The van der Waals surface area contributed by atoms with E-state index in [1.165, 1.54) is 0 Å². The lowest BCUT2D eigenvalue weighted by Gasteiger charge is -2.46. The van der Waals surface area contributed by atoms with Gasteiger partial charge in [-0.1, -0.05) is 37.3 Å². The molecule has 0 radical (unpaired) electrons. The van der Waals surface area contributed by atoms with Crippen molar-refractivity contribution >= 4 is 6.09 Å². The number of amides is 1. The Bertz CT molecular complexity index is 613. The number of rotatable bonds is 3. The SMILES string of the molecule is C[C@H](c1ccccc1)[C@]1(NC(=O)OC(C)(C)C)CCN[C@@H](C(F)(F)F)C1. The van der Waals surface area contributed by atoms with Gasteiger partial charge < -0.3 is 15.4 Å². The van der Waals surface area contributed by atoms with Crippen LogP contribution in [-0.2, 0) is 4.74 Å². The number of nitrogens with one attached hydrogen (secondary N) is 2. The van der Waals surface area contributed by atoms with E-state index in [1.54, 1.807) is 20.8 Å². The maximum absolute atomic E-state index is 13.4. The molecule has 0 unspecified atom stereocenters. The molecule has 1 aliphatic rings. The van der Waals surface area contributed by atoms with E-state index in [9.17, 15) is 18.0 Å². The van der Waals surface area contributed by atoms with E-state index in [1.807, 2.05) is 37.3 Å². The van der Waals surface area contributed by atoms with Crippen LogP contribution in [0.4, 0.5) is 18.0 Å². The molecule has 1 heterocycles. The third-order valence-corrected chi connectivity index (χ3v) is 4.80. The zero-order valence-corrected chi connectivity index (χ0v) is 15.6. The summed E-state index contributed by atoms with van der Waals surface area (Å²) in [7, 11) is 0. The minimum Gasteiger partial charge on any atom is -0.444 e. The highest BCUT2D eigenvalue weighted by molar-refractivity contribution is 5.69. The van der Waals surface area contributed by atoms with Crippen molar-refractivity contribution in [1.29, 1.82) is 0 Å². The second-order valence-corrected chi connectivity index (χ2v) is 7.92. The van der Waals surface area contributed by atoms with E-state index in [-0.39, 0.29) is 18.9 Å². The Hall–Kier alpha value is -1.76. The van der Waals surface area contributed by atoms with Crippen LogP contribution >= 0.6 is 0 Å². The summed E-state index contributed by atoms with van der Waals surface area (Å²) in [6, 6.07) is 7.61. The zero-order chi connectivity index (χ0) is 19.6. The quantitative estimate of drug-likeness (QED) is 0.828. The van der Waals surface area contributed by atoms with Crippen LogP contribution in [0.3, 0.4) is 0 Å². The van der Waals surface area contributed by atoms with Crippen molar-refractivity contribution < 1.29 is 22.7 Å². The Balaban J connectivity index is 2.33. The summed E-state index contributed by atoms with van der Waals surface area (Å²) in [6.07, 6.45) is -4.93. The smallest absolute Gasteiger partial charge is 0.408 e. The van der Waals surface area contributed by atoms with Gasteiger partial charge in [-0.2, -0.15) is 13.2 Å². The van der Waals surface area contributed by atoms with Gasteiger partial charge in [-0.05, 0) is 45.7 Å². The fourth-order valence-electron chi connectivity index (χ4n) is 3.42. The lowest BCUT2D eigenvalue weighted by atomic mass is 9.72. The molecule has 1 aromatic rings. The number of alkyl halides is 3. The summed E-state index contributed by atoms with van der Waals surface area (Å²) >= 11 is 0. The highest BCUT2D eigenvalue weighted by Crippen LogP contribution is 2.40. The van der Waals surface area contributed by atoms with Gasteiger partial charge in [0.2, 0.25) is 0 Å². The molecule has 0 aliphatic carbocycles. The number of carbonyl (C=O) groups is 1. The number of alkyl carbamates (subject to hydrolysis) is 1. The zero-order valence-electron chi connectivity index (χ0n) is 15.6. The molecule has 3 atom stereocenters. The molecular weight excluding hydrogens is 345 g/mol. The van der Waals surface area contributed by atoms with E-state index in [0.29, 0.717) is 6.42 Å². The Morgan fingerprint density at radius 2 is 1.88 bits per heavy atom. The van der Waals surface area contributed by atoms with Gasteiger partial charge in [0, 0.05) is 5.92 Å². The Morgan fingerprint density at radius 3 is 2.42 bits per heavy atom. The fourth-order valence-corrected chi connectivity index (χ4v) is 3.42. The second kappa shape index (κ2) is 7.47. The lowest BCUT2D eigenvalue weighted by Crippen LogP contribution is -2.63. The summed E-state index contributed by atoms with van der Waals surface area (Å²) in [5, 5.41) is 5.31. The molecule has 4 nitrogen and oxygen atoms in total. The molecule has 26 heavy (non-hydrogen) atoms. The van der Waals surface area contributed by atoms with Gasteiger partial charge in [0.25, 0.3) is 0 Å². The third kappa shape index (κ3) is 5.13. The molecule has 0 aromatic heterocycles. The van der Waals surface area contributed by atoms with Crippen molar-refractivity contribution in [2.24, 2.45) is 0 Å². The molecule has 1 fully saturated rings. The van der Waals surface area contributed by atoms with Gasteiger partial charge in [-0.3, -0.25) is 0 Å². The van der Waals surface area contributed by atoms with E-state index in [0.717, 1.165) is 5.56 Å². The van der Waals surface area contributed by atoms with Gasteiger partial charge in [-0.15, -0.1) is 0 Å². The summed E-state index contributed by atoms with van der Waals surface area (Å²) < 4.78 is 45.4. The van der Waals surface area contributed by atoms with Gasteiger partial charge in [0.1, 0.15) is 11.6 Å². The molecular formula is C19H27F3N2O2. The van der Waals surface area contributed by atoms with Crippen LogP contribution in [0.5, 0.6) is 0 Å². The average Bonchev–Trinajstić information content (AvgIpc) is 2.52. The topological polar surface area (TPSA) is 50.4 Å². The van der Waals surface area contributed by atoms with Crippen LogP contribution in [0.25, 0.3) is 0 Å². The third-order valence-electron chi connectivity index (χ3n) is 4.80. The highest BCUT2D eigenvalue weighted by Gasteiger charge is 2.51. The van der Waals surface area contributed by atoms with Gasteiger partial charge in [0.15, 0.2) is 0 Å². The van der Waals surface area contributed by atoms with Crippen molar-refractivity contribution in [3.05, 3.63) is 35.9 Å². The monoisotopic (exact) mass is 372 g/mol. The van der Waals surface area contributed by atoms with E-state index < -0.39 is 29.5 Å². The maximum atomic E-state index is 13.4. The van der Waals surface area contributed by atoms with Crippen LogP contribution < -0.4 is 10.6 Å². The summed E-state index contributed by atoms with van der Waals surface area (Å²) in [5.41, 5.74) is -0.890. The van der Waals surface area contributed by atoms with Crippen molar-refractivity contribution in [3.63, 3.8) is 0 Å². The Labute approximate surface area is 152 Å². The molecule has 0 bridgehead atoms. The van der Waals surface area contributed by atoms with Crippen molar-refractivity contribution in [1.82, 2.24) is 10.6 Å². The lowest BCUT2D eigenvalue weighted by molar-refractivity contribution is -0.166. The predicted molar refractivity (Wildman–Crippen MR) is 94.0 cm³/mol. The van der Waals surface area contributed by atoms with Crippen molar-refractivity contribution in [2.75, 3.05) is 6.54 Å². The van der Waals surface area contributed by atoms with Crippen LogP contribution in [0.1, 0.15) is 52.0 Å². The summed E-state index contributed by atoms with van der Waals surface area (Å²) in [5.74, 6) is -0.303. The molecule has 1 amide bonds. The number of ether oxygens (including phenoxy) is 1. The van der Waals surface area contributed by atoms with E-state index in [4.69, 9.17) is 4.74 Å². The number of hydrogen-bond acceptors (Lipinski definition) is 3. The molecule has 7 heteroatoms. The predicted octanol–water partition coefficient (Wildman–Crippen LogP) is 4.37. The summed E-state index contributed by atoms with van der Waals surface area (Å²) in [6.45, 7) is 7.19. The first-order valence-corrected chi connectivity index (χ1v) is 8.79. The average molecular weight is 372 g/mol. The standard InChI is InChI=1S/C19H27F3N2O2/c1-13(14-8-6-5-7-9-14)18(24-16(25)26-17(2,3)4)10-11-23-15(12-18)19(20,21)22/h5-9,13,15,23H,10-12H2,1-4H3,(H,24,25)/t13-,15-,18+/m1/s1. The molecule has 1 aliphatic heterocycles. The van der Waals surface area contributed by atoms with E-state index in [2.05, 4.69) is 10.6 Å². The van der Waals surface area contributed by atoms with Gasteiger partial charge in [-0.25, -0.2) is 4.79 Å². The van der Waals surface area contributed by atoms with Gasteiger partial charge >= 0.3 is 12.3 Å². The normalized spacial score (nSPS) is 25.4. The van der Waals surface area contributed by atoms with E-state index >= 15 is 0 Å². The Kier molecular flexibility index (Phi) is 5.90. The molecule has 1 aromatic carbocycles. The largest absolute Gasteiger partial charge is 0.444 e. The molecule has 0 spiro atoms. The number of carbonyl (C=O) groups excluding carboxylic acids is 1. The first kappa shape index (κ1) is 20.6. The second-order valence-electron chi connectivity index (χ2n) is 7.92. The highest BCUT2D eigenvalue weighted by atomic mass is 19.4. The minimum atomic E-state index is -4.38. The van der Waals surface area contributed by atoms with Crippen LogP contribution in [0.2, 0.25) is 0 Å². The first-order valence-electron chi connectivity index (χ1n) is 8.79. The van der Waals surface area contributed by atoms with Crippen molar-refractivity contribution in [2.45, 2.75) is 69.8 Å². The molecule has 0 saturated carbocycles. The number of benzene rings is 1. The number of halogens is 3. The van der Waals surface area contributed by atoms with Gasteiger partial charge in [0.05, 0.1) is 5.54 Å². The van der Waals surface area contributed by atoms with Crippen molar-refractivity contribution in [3.8, 4) is 0 Å². The molecule has 146 valence electrons. The molecule has 2 N–H and O–H groups in total. The van der Waals surface area contributed by atoms with Crippen LogP contribution in [0.15, 0.2) is 30.3 Å². The number of piperidine rings is 1. The van der Waals surface area contributed by atoms with Crippen LogP contribution in [-0.4, -0.2) is 36.0 Å². The Morgan fingerprint density at radius 1 is 1.27 bits per heavy atom. The molecule has 2 rings (SSSR count). The summed E-state index contributed by atoms with van der Waals surface area (Å²) in [4.78, 5) is 12.4. The fraction of sp³-hybridized carbons (Fsp3) is 0.632. The maximum Gasteiger partial charge on any atom is 0.408 e. The van der Waals surface area contributed by atoms with Crippen LogP contribution in [0, 0.1) is 0 Å². The molecule has 1 saturated heterocycles. The minimum absolute atomic E-state index is 0.164. The number of hydrogen-bond donors (Lipinski definition) is 2.